The molecule has 0 saturated carbocycles. The summed E-state index contributed by atoms with van der Waals surface area (Å²) in [6, 6.07) is 5.49. The largest absolute Gasteiger partial charge is 0.323 e. The molecule has 1 heterocycles. The zero-order chi connectivity index (χ0) is 13.6. The molecular formula is C11H18N3O3P. The summed E-state index contributed by atoms with van der Waals surface area (Å²) >= 11 is 0. The second kappa shape index (κ2) is 6.64. The second-order valence-electron chi connectivity index (χ2n) is 4.56. The van der Waals surface area contributed by atoms with E-state index in [9.17, 15) is 9.36 Å². The molecule has 6 nitrogen and oxygen atoms in total. The third-order valence-electron chi connectivity index (χ3n) is 2.14. The topological polar surface area (TPSA) is 82.5 Å². The molecule has 1 aromatic heterocycles. The molecule has 0 aliphatic carbocycles. The van der Waals surface area contributed by atoms with E-state index in [2.05, 4.69) is 4.98 Å². The van der Waals surface area contributed by atoms with Crippen LogP contribution in [0.3, 0.4) is 0 Å². The van der Waals surface area contributed by atoms with Gasteiger partial charge in [-0.3, -0.25) is 19.9 Å². The molecule has 0 bridgehead atoms. The van der Waals surface area contributed by atoms with Crippen LogP contribution in [0.1, 0.15) is 5.69 Å². The first-order valence-electron chi connectivity index (χ1n) is 5.50. The van der Waals surface area contributed by atoms with Crippen LogP contribution in [0.25, 0.3) is 0 Å². The predicted octanol–water partition coefficient (Wildman–Crippen LogP) is 0.969. The second-order valence-corrected chi connectivity index (χ2v) is 7.99. The van der Waals surface area contributed by atoms with Crippen LogP contribution in [-0.2, 0) is 15.9 Å². The highest BCUT2D eigenvalue weighted by molar-refractivity contribution is 7.62. The normalized spacial score (nSPS) is 11.6. The quantitative estimate of drug-likeness (QED) is 0.457. The molecule has 0 fully saturated rings. The Morgan fingerprint density at radius 1 is 1.50 bits per heavy atom. The van der Waals surface area contributed by atoms with Crippen LogP contribution >= 0.6 is 7.14 Å². The van der Waals surface area contributed by atoms with Crippen molar-refractivity contribution in [3.05, 3.63) is 30.1 Å². The van der Waals surface area contributed by atoms with Crippen molar-refractivity contribution in [2.75, 3.05) is 26.2 Å². The third kappa shape index (κ3) is 5.91. The van der Waals surface area contributed by atoms with Crippen molar-refractivity contribution in [1.29, 1.82) is 0 Å². The van der Waals surface area contributed by atoms with Crippen molar-refractivity contribution >= 4 is 13.0 Å². The molecule has 0 aliphatic heterocycles. The number of amides is 1. The molecule has 1 aromatic rings. The van der Waals surface area contributed by atoms with Gasteiger partial charge in [-0.25, -0.2) is 5.48 Å². The first kappa shape index (κ1) is 14.8. The SMILES string of the molecule is CP(C)(=O)CN(CC(=O)NO)Cc1ccccn1. The first-order valence-corrected chi connectivity index (χ1v) is 8.28. The molecule has 1 rings (SSSR count). The van der Waals surface area contributed by atoms with E-state index in [0.29, 0.717) is 12.8 Å². The van der Waals surface area contributed by atoms with Gasteiger partial charge in [0.05, 0.1) is 25.7 Å². The number of nitrogens with zero attached hydrogens (tertiary/aromatic N) is 2. The summed E-state index contributed by atoms with van der Waals surface area (Å²) in [5, 5.41) is 8.54. The number of rotatable bonds is 6. The fourth-order valence-corrected chi connectivity index (χ4v) is 2.76. The predicted molar refractivity (Wildman–Crippen MR) is 68.9 cm³/mol. The average molecular weight is 271 g/mol. The Hall–Kier alpha value is -1.23. The monoisotopic (exact) mass is 271 g/mol. The van der Waals surface area contributed by atoms with Gasteiger partial charge in [0.1, 0.15) is 0 Å². The van der Waals surface area contributed by atoms with E-state index < -0.39 is 13.0 Å². The highest BCUT2D eigenvalue weighted by atomic mass is 31.2. The van der Waals surface area contributed by atoms with Gasteiger partial charge in [-0.1, -0.05) is 6.07 Å². The first-order chi connectivity index (χ1) is 8.40. The highest BCUT2D eigenvalue weighted by Gasteiger charge is 2.18. The minimum Gasteiger partial charge on any atom is -0.323 e. The molecule has 18 heavy (non-hydrogen) atoms. The van der Waals surface area contributed by atoms with Crippen LogP contribution < -0.4 is 5.48 Å². The number of aromatic nitrogens is 1. The number of carbonyl (C=O) groups is 1. The van der Waals surface area contributed by atoms with Crippen molar-refractivity contribution in [2.24, 2.45) is 0 Å². The molecule has 0 unspecified atom stereocenters. The summed E-state index contributed by atoms with van der Waals surface area (Å²) in [5.74, 6) is -0.528. The lowest BCUT2D eigenvalue weighted by Gasteiger charge is -2.22. The van der Waals surface area contributed by atoms with Crippen LogP contribution in [-0.4, -0.2) is 47.2 Å². The molecule has 0 radical (unpaired) electrons. The number of hydrogen-bond donors (Lipinski definition) is 2. The Labute approximate surface area is 106 Å². The maximum atomic E-state index is 11.8. The summed E-state index contributed by atoms with van der Waals surface area (Å²) < 4.78 is 11.8. The van der Waals surface area contributed by atoms with Crippen LogP contribution in [0, 0.1) is 0 Å². The number of hydrogen-bond acceptors (Lipinski definition) is 5. The Balaban J connectivity index is 2.71. The Morgan fingerprint density at radius 3 is 2.72 bits per heavy atom. The molecule has 0 aliphatic rings. The summed E-state index contributed by atoms with van der Waals surface area (Å²) in [6.45, 7) is 3.73. The van der Waals surface area contributed by atoms with Gasteiger partial charge >= 0.3 is 0 Å². The van der Waals surface area contributed by atoms with Gasteiger partial charge in [0.25, 0.3) is 5.91 Å². The van der Waals surface area contributed by atoms with Crippen molar-refractivity contribution in [2.45, 2.75) is 6.54 Å². The molecule has 0 spiro atoms. The van der Waals surface area contributed by atoms with Gasteiger partial charge in [0.2, 0.25) is 0 Å². The average Bonchev–Trinajstić information content (AvgIpc) is 2.27. The molecule has 0 aromatic carbocycles. The lowest BCUT2D eigenvalue weighted by molar-refractivity contribution is -0.130. The van der Waals surface area contributed by atoms with Crippen molar-refractivity contribution in [3.63, 3.8) is 0 Å². The fourth-order valence-electron chi connectivity index (χ4n) is 1.60. The van der Waals surface area contributed by atoms with Crippen LogP contribution in [0.4, 0.5) is 0 Å². The highest BCUT2D eigenvalue weighted by Crippen LogP contribution is 2.36. The number of pyridine rings is 1. The standard InChI is InChI=1S/C11H18N3O3P/c1-18(2,17)9-14(8-11(15)13-16)7-10-5-3-4-6-12-10/h3-6,16H,7-9H2,1-2H3,(H,13,15). The van der Waals surface area contributed by atoms with E-state index in [1.165, 1.54) is 0 Å². The zero-order valence-electron chi connectivity index (χ0n) is 10.5. The van der Waals surface area contributed by atoms with E-state index in [4.69, 9.17) is 5.21 Å². The van der Waals surface area contributed by atoms with E-state index in [1.54, 1.807) is 36.0 Å². The molecule has 0 saturated heterocycles. The maximum absolute atomic E-state index is 11.8. The van der Waals surface area contributed by atoms with Crippen LogP contribution in [0.15, 0.2) is 24.4 Å². The van der Waals surface area contributed by atoms with Crippen molar-refractivity contribution < 1.29 is 14.6 Å². The summed E-state index contributed by atoms with van der Waals surface area (Å²) in [6.07, 6.45) is 1.97. The van der Waals surface area contributed by atoms with Gasteiger partial charge in [-0.15, -0.1) is 0 Å². The van der Waals surface area contributed by atoms with Gasteiger partial charge in [0, 0.05) is 12.7 Å². The zero-order valence-corrected chi connectivity index (χ0v) is 11.4. The molecular weight excluding hydrogens is 253 g/mol. The van der Waals surface area contributed by atoms with Crippen molar-refractivity contribution in [3.8, 4) is 0 Å². The molecule has 2 N–H and O–H groups in total. The van der Waals surface area contributed by atoms with Gasteiger partial charge in [0.15, 0.2) is 0 Å². The molecule has 0 atom stereocenters. The number of carbonyl (C=O) groups excluding carboxylic acids is 1. The minimum atomic E-state index is -2.29. The lowest BCUT2D eigenvalue weighted by atomic mass is 10.3. The van der Waals surface area contributed by atoms with E-state index >= 15 is 0 Å². The van der Waals surface area contributed by atoms with Gasteiger partial charge in [-0.05, 0) is 25.5 Å². The minimum absolute atomic E-state index is 0.0151. The fraction of sp³-hybridized carbons (Fsp3) is 0.455. The van der Waals surface area contributed by atoms with Crippen molar-refractivity contribution in [1.82, 2.24) is 15.4 Å². The lowest BCUT2D eigenvalue weighted by Crippen LogP contribution is -2.36. The summed E-state index contributed by atoms with van der Waals surface area (Å²) in [7, 11) is -2.29. The summed E-state index contributed by atoms with van der Waals surface area (Å²) in [5.41, 5.74) is 2.36. The van der Waals surface area contributed by atoms with Crippen LogP contribution in [0.2, 0.25) is 0 Å². The Morgan fingerprint density at radius 2 is 2.22 bits per heavy atom. The molecule has 100 valence electrons. The number of hydroxylamine groups is 1. The third-order valence-corrected chi connectivity index (χ3v) is 3.23. The van der Waals surface area contributed by atoms with E-state index in [1.807, 2.05) is 12.1 Å². The molecule has 1 amide bonds. The number of nitrogens with one attached hydrogen (secondary N) is 1. The molecule has 7 heteroatoms. The van der Waals surface area contributed by atoms with Gasteiger partial charge < -0.3 is 4.57 Å². The maximum Gasteiger partial charge on any atom is 0.257 e. The van der Waals surface area contributed by atoms with E-state index in [-0.39, 0.29) is 6.54 Å². The van der Waals surface area contributed by atoms with E-state index in [0.717, 1.165) is 5.69 Å². The Bertz CT molecular complexity index is 432. The van der Waals surface area contributed by atoms with Crippen LogP contribution in [0.5, 0.6) is 0 Å². The van der Waals surface area contributed by atoms with Gasteiger partial charge in [-0.2, -0.15) is 0 Å². The smallest absolute Gasteiger partial charge is 0.257 e. The Kier molecular flexibility index (Phi) is 5.47. The summed E-state index contributed by atoms with van der Waals surface area (Å²) in [4.78, 5) is 17.0.